The molecule has 0 rings (SSSR count). The van der Waals surface area contributed by atoms with Crippen molar-refractivity contribution >= 4 is 0 Å². The lowest BCUT2D eigenvalue weighted by Gasteiger charge is -2.02. The normalized spacial score (nSPS) is 13.2. The molecule has 8 heavy (non-hydrogen) atoms. The molecule has 0 saturated heterocycles. The highest BCUT2D eigenvalue weighted by molar-refractivity contribution is 4.69. The maximum absolute atomic E-state index is 8.46. The molecular formula is C5H12N2O. The molecule has 1 atom stereocenters. The summed E-state index contributed by atoms with van der Waals surface area (Å²) in [5, 5.41) is 11.3. The Kier molecular flexibility index (Phi) is 4.54. The van der Waals surface area contributed by atoms with Crippen molar-refractivity contribution in [3.05, 3.63) is 12.7 Å². The van der Waals surface area contributed by atoms with E-state index in [4.69, 9.17) is 10.8 Å². The molecule has 0 aromatic rings. The number of nitrogens with two attached hydrogens (primary N) is 1. The minimum absolute atomic E-state index is 0.423. The largest absolute Gasteiger partial charge is 0.377 e. The Hall–Kier alpha value is -0.380. The van der Waals surface area contributed by atoms with Crippen LogP contribution in [-0.4, -0.2) is 24.4 Å². The van der Waals surface area contributed by atoms with Gasteiger partial charge in [0.1, 0.15) is 6.23 Å². The topological polar surface area (TPSA) is 58.3 Å². The SMILES string of the molecule is C=CCNCC(N)O. The molecule has 0 aliphatic heterocycles. The molecule has 0 aliphatic rings. The lowest BCUT2D eigenvalue weighted by Crippen LogP contribution is -2.33. The fourth-order valence-electron chi connectivity index (χ4n) is 0.333. The minimum atomic E-state index is -0.755. The third-order valence-electron chi connectivity index (χ3n) is 0.642. The van der Waals surface area contributed by atoms with Crippen molar-refractivity contribution in [3.8, 4) is 0 Å². The quantitative estimate of drug-likeness (QED) is 0.252. The van der Waals surface area contributed by atoms with Gasteiger partial charge in [-0.1, -0.05) is 6.08 Å². The molecule has 3 nitrogen and oxygen atoms in total. The first-order chi connectivity index (χ1) is 3.77. The smallest absolute Gasteiger partial charge is 0.115 e. The van der Waals surface area contributed by atoms with E-state index in [0.717, 1.165) is 0 Å². The summed E-state index contributed by atoms with van der Waals surface area (Å²) in [6.07, 6.45) is 0.956. The predicted molar refractivity (Wildman–Crippen MR) is 33.3 cm³/mol. The highest BCUT2D eigenvalue weighted by Crippen LogP contribution is 1.64. The lowest BCUT2D eigenvalue weighted by atomic mass is 10.5. The van der Waals surface area contributed by atoms with E-state index in [9.17, 15) is 0 Å². The van der Waals surface area contributed by atoms with Crippen LogP contribution in [0.25, 0.3) is 0 Å². The van der Waals surface area contributed by atoms with Crippen LogP contribution in [0.1, 0.15) is 0 Å². The van der Waals surface area contributed by atoms with E-state index in [1.807, 2.05) is 0 Å². The van der Waals surface area contributed by atoms with Gasteiger partial charge in [0.2, 0.25) is 0 Å². The van der Waals surface area contributed by atoms with E-state index in [1.54, 1.807) is 6.08 Å². The molecule has 0 fully saturated rings. The van der Waals surface area contributed by atoms with Gasteiger partial charge in [-0.05, 0) is 0 Å². The fourth-order valence-corrected chi connectivity index (χ4v) is 0.333. The second-order valence-electron chi connectivity index (χ2n) is 1.51. The van der Waals surface area contributed by atoms with Gasteiger partial charge in [-0.2, -0.15) is 0 Å². The number of hydrogen-bond acceptors (Lipinski definition) is 3. The van der Waals surface area contributed by atoms with Crippen molar-refractivity contribution < 1.29 is 5.11 Å². The van der Waals surface area contributed by atoms with Gasteiger partial charge in [-0.3, -0.25) is 0 Å². The molecule has 0 aromatic carbocycles. The summed E-state index contributed by atoms with van der Waals surface area (Å²) in [6.45, 7) is 4.58. The molecule has 0 aliphatic carbocycles. The molecule has 0 saturated carbocycles. The Morgan fingerprint density at radius 1 is 1.88 bits per heavy atom. The monoisotopic (exact) mass is 116 g/mol. The van der Waals surface area contributed by atoms with E-state index < -0.39 is 6.23 Å². The second-order valence-corrected chi connectivity index (χ2v) is 1.51. The second kappa shape index (κ2) is 4.77. The maximum atomic E-state index is 8.46. The molecule has 0 spiro atoms. The molecule has 0 radical (unpaired) electrons. The van der Waals surface area contributed by atoms with Crippen LogP contribution in [-0.2, 0) is 0 Å². The van der Waals surface area contributed by atoms with E-state index in [1.165, 1.54) is 0 Å². The summed E-state index contributed by atoms with van der Waals surface area (Å²) in [6, 6.07) is 0. The maximum Gasteiger partial charge on any atom is 0.115 e. The molecule has 0 bridgehead atoms. The molecule has 3 heteroatoms. The molecule has 0 amide bonds. The average molecular weight is 116 g/mol. The Labute approximate surface area is 49.2 Å². The van der Waals surface area contributed by atoms with Crippen molar-refractivity contribution in [1.29, 1.82) is 0 Å². The van der Waals surface area contributed by atoms with Crippen LogP contribution in [0.15, 0.2) is 12.7 Å². The van der Waals surface area contributed by atoms with Crippen LogP contribution in [0.3, 0.4) is 0 Å². The van der Waals surface area contributed by atoms with E-state index in [0.29, 0.717) is 13.1 Å². The standard InChI is InChI=1S/C5H12N2O/c1-2-3-7-4-5(6)8/h2,5,7-8H,1,3-4,6H2. The minimum Gasteiger partial charge on any atom is -0.377 e. The van der Waals surface area contributed by atoms with Gasteiger partial charge in [0, 0.05) is 13.1 Å². The molecule has 0 aromatic heterocycles. The summed E-state index contributed by atoms with van der Waals surface area (Å²) in [5.41, 5.74) is 4.99. The van der Waals surface area contributed by atoms with Crippen LogP contribution in [0.5, 0.6) is 0 Å². The Bertz CT molecular complexity index is 63.4. The molecular weight excluding hydrogens is 104 g/mol. The van der Waals surface area contributed by atoms with E-state index in [-0.39, 0.29) is 0 Å². The Morgan fingerprint density at radius 2 is 2.50 bits per heavy atom. The van der Waals surface area contributed by atoms with Gasteiger partial charge < -0.3 is 16.2 Å². The first kappa shape index (κ1) is 7.62. The molecule has 1 unspecified atom stereocenters. The van der Waals surface area contributed by atoms with Crippen molar-refractivity contribution in [2.45, 2.75) is 6.23 Å². The van der Waals surface area contributed by atoms with Crippen molar-refractivity contribution in [1.82, 2.24) is 5.32 Å². The Balaban J connectivity index is 2.81. The van der Waals surface area contributed by atoms with Crippen LogP contribution < -0.4 is 11.1 Å². The van der Waals surface area contributed by atoms with Crippen LogP contribution in [0, 0.1) is 0 Å². The Morgan fingerprint density at radius 3 is 2.88 bits per heavy atom. The third kappa shape index (κ3) is 5.62. The van der Waals surface area contributed by atoms with Gasteiger partial charge in [0.25, 0.3) is 0 Å². The molecule has 48 valence electrons. The van der Waals surface area contributed by atoms with Gasteiger partial charge in [-0.25, -0.2) is 0 Å². The highest BCUT2D eigenvalue weighted by Gasteiger charge is 1.89. The van der Waals surface area contributed by atoms with Crippen molar-refractivity contribution in [2.75, 3.05) is 13.1 Å². The summed E-state index contributed by atoms with van der Waals surface area (Å²) in [7, 11) is 0. The number of nitrogens with one attached hydrogen (secondary N) is 1. The number of aliphatic hydroxyl groups excluding tert-OH is 1. The van der Waals surface area contributed by atoms with Gasteiger partial charge in [-0.15, -0.1) is 6.58 Å². The van der Waals surface area contributed by atoms with Gasteiger partial charge >= 0.3 is 0 Å². The fraction of sp³-hybridized carbons (Fsp3) is 0.600. The van der Waals surface area contributed by atoms with Crippen molar-refractivity contribution in [2.24, 2.45) is 5.73 Å². The van der Waals surface area contributed by atoms with E-state index >= 15 is 0 Å². The summed E-state index contributed by atoms with van der Waals surface area (Å²) in [5.74, 6) is 0. The molecule has 4 N–H and O–H groups in total. The zero-order valence-corrected chi connectivity index (χ0v) is 4.80. The third-order valence-corrected chi connectivity index (χ3v) is 0.642. The van der Waals surface area contributed by atoms with E-state index in [2.05, 4.69) is 11.9 Å². The first-order valence-corrected chi connectivity index (χ1v) is 2.52. The highest BCUT2D eigenvalue weighted by atomic mass is 16.3. The van der Waals surface area contributed by atoms with Crippen LogP contribution in [0.4, 0.5) is 0 Å². The number of hydrogen-bond donors (Lipinski definition) is 3. The zero-order chi connectivity index (χ0) is 6.41. The summed E-state index contributed by atoms with van der Waals surface area (Å²) in [4.78, 5) is 0. The summed E-state index contributed by atoms with van der Waals surface area (Å²) >= 11 is 0. The molecule has 0 heterocycles. The zero-order valence-electron chi connectivity index (χ0n) is 4.80. The first-order valence-electron chi connectivity index (χ1n) is 2.52. The number of rotatable bonds is 4. The number of aliphatic hydroxyl groups is 1. The van der Waals surface area contributed by atoms with Gasteiger partial charge in [0.15, 0.2) is 0 Å². The summed E-state index contributed by atoms with van der Waals surface area (Å²) < 4.78 is 0. The van der Waals surface area contributed by atoms with Crippen LogP contribution >= 0.6 is 0 Å². The van der Waals surface area contributed by atoms with Crippen molar-refractivity contribution in [3.63, 3.8) is 0 Å². The van der Waals surface area contributed by atoms with Gasteiger partial charge in [0.05, 0.1) is 0 Å². The van der Waals surface area contributed by atoms with Crippen LogP contribution in [0.2, 0.25) is 0 Å². The predicted octanol–water partition coefficient (Wildman–Crippen LogP) is -0.961. The lowest BCUT2D eigenvalue weighted by molar-refractivity contribution is 0.180. The average Bonchev–Trinajstić information content (AvgIpc) is 1.66.